The molecule has 4 heteroatoms. The Labute approximate surface area is 71.4 Å². The van der Waals surface area contributed by atoms with E-state index in [2.05, 4.69) is 4.74 Å². The molecule has 1 unspecified atom stereocenters. The third kappa shape index (κ3) is 5.94. The Morgan fingerprint density at radius 2 is 2.27 bits per heavy atom. The monoisotopic (exact) mass is 176 g/mol. The number of carbonyl (C=O) groups is 1. The van der Waals surface area contributed by atoms with Gasteiger partial charge in [0.15, 0.2) is 0 Å². The third-order valence-corrected chi connectivity index (χ3v) is 1.66. The molecule has 0 aromatic heterocycles. The Hall–Kier alpha value is -0.480. The van der Waals surface area contributed by atoms with E-state index in [-0.39, 0.29) is 12.6 Å². The molecule has 0 aliphatic heterocycles. The van der Waals surface area contributed by atoms with Crippen LogP contribution in [0.2, 0.25) is 0 Å². The van der Waals surface area contributed by atoms with E-state index in [0.29, 0.717) is 11.3 Å². The highest BCUT2D eigenvalue weighted by Crippen LogP contribution is 1.94. The second-order valence-corrected chi connectivity index (χ2v) is 2.76. The highest BCUT2D eigenvalue weighted by molar-refractivity contribution is 7.80. The molecular weight excluding hydrogens is 164 g/mol. The Morgan fingerprint density at radius 1 is 1.73 bits per heavy atom. The molecule has 64 valence electrons. The summed E-state index contributed by atoms with van der Waals surface area (Å²) < 4.78 is 4.63. The Bertz CT molecular complexity index is 154. The molecule has 0 saturated carbocycles. The lowest BCUT2D eigenvalue weighted by Crippen LogP contribution is -2.16. The van der Waals surface area contributed by atoms with Crippen LogP contribution in [0, 0.1) is 0 Å². The van der Waals surface area contributed by atoms with Crippen molar-refractivity contribution in [1.29, 1.82) is 0 Å². The molecule has 0 bridgehead atoms. The van der Waals surface area contributed by atoms with Gasteiger partial charge in [-0.15, -0.1) is 0 Å². The van der Waals surface area contributed by atoms with Gasteiger partial charge in [0.05, 0.1) is 12.7 Å². The zero-order valence-electron chi connectivity index (χ0n) is 6.66. The predicted molar refractivity (Wildman–Crippen MR) is 45.5 cm³/mol. The molecule has 0 aliphatic carbocycles. The molecule has 0 radical (unpaired) electrons. The van der Waals surface area contributed by atoms with Crippen LogP contribution in [0.25, 0.3) is 0 Å². The van der Waals surface area contributed by atoms with E-state index in [1.165, 1.54) is 6.92 Å². The molecule has 1 atom stereocenters. The van der Waals surface area contributed by atoms with Crippen LogP contribution in [0.3, 0.4) is 0 Å². The fourth-order valence-electron chi connectivity index (χ4n) is 0.504. The molecular formula is C7H12O3S. The topological polar surface area (TPSA) is 46.5 Å². The minimum atomic E-state index is -0.597. The van der Waals surface area contributed by atoms with E-state index >= 15 is 0 Å². The molecule has 11 heavy (non-hydrogen) atoms. The Balaban J connectivity index is 3.39. The van der Waals surface area contributed by atoms with Crippen LogP contribution >= 0.6 is 12.2 Å². The van der Waals surface area contributed by atoms with Gasteiger partial charge in [-0.05, 0) is 6.92 Å². The van der Waals surface area contributed by atoms with Crippen molar-refractivity contribution in [2.24, 2.45) is 0 Å². The minimum absolute atomic E-state index is 0.263. The number of hydrogen-bond donors (Lipinski definition) is 1. The first kappa shape index (κ1) is 10.5. The van der Waals surface area contributed by atoms with Crippen molar-refractivity contribution >= 4 is 23.1 Å². The molecule has 0 rings (SSSR count). The van der Waals surface area contributed by atoms with E-state index in [1.54, 1.807) is 6.92 Å². The van der Waals surface area contributed by atoms with Crippen molar-refractivity contribution in [3.05, 3.63) is 0 Å². The SMILES string of the molecule is CC(=O)OCCC(=S)C(C)O. The van der Waals surface area contributed by atoms with Crippen molar-refractivity contribution in [1.82, 2.24) is 0 Å². The van der Waals surface area contributed by atoms with E-state index in [1.807, 2.05) is 0 Å². The summed E-state index contributed by atoms with van der Waals surface area (Å²) in [7, 11) is 0. The lowest BCUT2D eigenvalue weighted by Gasteiger charge is -2.05. The van der Waals surface area contributed by atoms with Crippen molar-refractivity contribution in [3.63, 3.8) is 0 Å². The standard InChI is InChI=1S/C7H12O3S/c1-5(8)7(11)3-4-10-6(2)9/h5,8H,3-4H2,1-2H3. The summed E-state index contributed by atoms with van der Waals surface area (Å²) >= 11 is 4.79. The van der Waals surface area contributed by atoms with E-state index in [4.69, 9.17) is 17.3 Å². The van der Waals surface area contributed by atoms with Crippen molar-refractivity contribution in [3.8, 4) is 0 Å². The number of aliphatic hydroxyl groups excluding tert-OH is 1. The van der Waals surface area contributed by atoms with Gasteiger partial charge in [-0.1, -0.05) is 12.2 Å². The summed E-state index contributed by atoms with van der Waals surface area (Å²) in [6.45, 7) is 3.20. The quantitative estimate of drug-likeness (QED) is 0.505. The van der Waals surface area contributed by atoms with Gasteiger partial charge in [-0.25, -0.2) is 0 Å². The van der Waals surface area contributed by atoms with Gasteiger partial charge < -0.3 is 9.84 Å². The van der Waals surface area contributed by atoms with Crippen LogP contribution in [-0.2, 0) is 9.53 Å². The predicted octanol–water partition coefficient (Wildman–Crippen LogP) is 0.690. The smallest absolute Gasteiger partial charge is 0.302 e. The number of esters is 1. The zero-order chi connectivity index (χ0) is 8.85. The second kappa shape index (κ2) is 5.21. The van der Waals surface area contributed by atoms with Crippen LogP contribution in [0.4, 0.5) is 0 Å². The molecule has 0 saturated heterocycles. The summed E-state index contributed by atoms with van der Waals surface area (Å²) in [5.41, 5.74) is 0. The van der Waals surface area contributed by atoms with Gasteiger partial charge in [0.1, 0.15) is 0 Å². The van der Waals surface area contributed by atoms with Gasteiger partial charge >= 0.3 is 5.97 Å². The zero-order valence-corrected chi connectivity index (χ0v) is 7.48. The number of ether oxygens (including phenoxy) is 1. The number of hydrogen-bond acceptors (Lipinski definition) is 4. The normalized spacial score (nSPS) is 12.3. The number of carbonyl (C=O) groups excluding carboxylic acids is 1. The van der Waals surface area contributed by atoms with Gasteiger partial charge in [0.25, 0.3) is 0 Å². The maximum absolute atomic E-state index is 10.3. The average molecular weight is 176 g/mol. The van der Waals surface area contributed by atoms with E-state index in [0.717, 1.165) is 0 Å². The minimum Gasteiger partial charge on any atom is -0.466 e. The lowest BCUT2D eigenvalue weighted by atomic mass is 10.2. The molecule has 0 amide bonds. The maximum atomic E-state index is 10.3. The first-order valence-electron chi connectivity index (χ1n) is 3.38. The first-order valence-corrected chi connectivity index (χ1v) is 3.79. The molecule has 0 heterocycles. The largest absolute Gasteiger partial charge is 0.466 e. The summed E-state index contributed by atoms with van der Waals surface area (Å²) in [6.07, 6.45) is -0.146. The van der Waals surface area contributed by atoms with E-state index in [9.17, 15) is 4.79 Å². The number of aliphatic hydroxyl groups is 1. The van der Waals surface area contributed by atoms with Gasteiger partial charge in [-0.2, -0.15) is 0 Å². The molecule has 0 fully saturated rings. The summed E-state index contributed by atoms with van der Waals surface area (Å²) in [4.78, 5) is 10.8. The Kier molecular flexibility index (Phi) is 4.98. The molecule has 0 aromatic carbocycles. The Morgan fingerprint density at radius 3 is 2.64 bits per heavy atom. The summed E-state index contributed by atoms with van der Waals surface area (Å²) in [5.74, 6) is -0.321. The molecule has 0 aromatic rings. The molecule has 3 nitrogen and oxygen atoms in total. The van der Waals surface area contributed by atoms with Crippen LogP contribution in [0.5, 0.6) is 0 Å². The highest BCUT2D eigenvalue weighted by atomic mass is 32.1. The molecule has 1 N–H and O–H groups in total. The maximum Gasteiger partial charge on any atom is 0.302 e. The van der Waals surface area contributed by atoms with Crippen LogP contribution in [0.15, 0.2) is 0 Å². The van der Waals surface area contributed by atoms with Gasteiger partial charge in [0, 0.05) is 18.2 Å². The summed E-state index contributed by atoms with van der Waals surface area (Å²) in [6, 6.07) is 0. The fraction of sp³-hybridized carbons (Fsp3) is 0.714. The summed E-state index contributed by atoms with van der Waals surface area (Å²) in [5, 5.41) is 8.90. The van der Waals surface area contributed by atoms with E-state index < -0.39 is 6.10 Å². The first-order chi connectivity index (χ1) is 5.04. The third-order valence-electron chi connectivity index (χ3n) is 1.12. The molecule has 0 aliphatic rings. The average Bonchev–Trinajstić information content (AvgIpc) is 1.86. The van der Waals surface area contributed by atoms with Crippen LogP contribution in [-0.4, -0.2) is 28.7 Å². The number of thiocarbonyl (C=S) groups is 1. The van der Waals surface area contributed by atoms with Crippen molar-refractivity contribution < 1.29 is 14.6 Å². The van der Waals surface area contributed by atoms with Gasteiger partial charge in [0.2, 0.25) is 0 Å². The molecule has 0 spiro atoms. The van der Waals surface area contributed by atoms with Crippen LogP contribution in [0.1, 0.15) is 20.3 Å². The highest BCUT2D eigenvalue weighted by Gasteiger charge is 2.04. The van der Waals surface area contributed by atoms with Gasteiger partial charge in [-0.3, -0.25) is 4.79 Å². The second-order valence-electron chi connectivity index (χ2n) is 2.23. The van der Waals surface area contributed by atoms with Crippen LogP contribution < -0.4 is 0 Å². The van der Waals surface area contributed by atoms with Crippen molar-refractivity contribution in [2.45, 2.75) is 26.4 Å². The number of rotatable bonds is 4. The fourth-order valence-corrected chi connectivity index (χ4v) is 0.588. The lowest BCUT2D eigenvalue weighted by molar-refractivity contribution is -0.140. The van der Waals surface area contributed by atoms with Crippen molar-refractivity contribution in [2.75, 3.05) is 6.61 Å².